The highest BCUT2D eigenvalue weighted by atomic mass is 35.5. The predicted molar refractivity (Wildman–Crippen MR) is 163 cm³/mol. The number of hydrogen-bond donors (Lipinski definition) is 1. The van der Waals surface area contributed by atoms with E-state index in [1.54, 1.807) is 43.3 Å². The van der Waals surface area contributed by atoms with Crippen molar-refractivity contribution < 1.29 is 22.7 Å². The normalized spacial score (nSPS) is 12.1. The van der Waals surface area contributed by atoms with Gasteiger partial charge in [-0.3, -0.25) is 13.9 Å². The van der Waals surface area contributed by atoms with E-state index in [0.29, 0.717) is 27.9 Å². The summed E-state index contributed by atoms with van der Waals surface area (Å²) in [6.07, 6.45) is 0. The zero-order chi connectivity index (χ0) is 30.3. The van der Waals surface area contributed by atoms with E-state index in [1.807, 2.05) is 13.8 Å². The van der Waals surface area contributed by atoms with Gasteiger partial charge in [0.25, 0.3) is 10.0 Å². The van der Waals surface area contributed by atoms with Crippen molar-refractivity contribution in [1.82, 2.24) is 10.2 Å². The van der Waals surface area contributed by atoms with Gasteiger partial charge >= 0.3 is 0 Å². The maximum atomic E-state index is 14.0. The summed E-state index contributed by atoms with van der Waals surface area (Å²) in [5, 5.41) is 3.60. The average Bonchev–Trinajstić information content (AvgIpc) is 2.94. The molecule has 0 heterocycles. The Morgan fingerprint density at radius 1 is 0.902 bits per heavy atom. The van der Waals surface area contributed by atoms with Gasteiger partial charge in [0, 0.05) is 28.7 Å². The van der Waals surface area contributed by atoms with Crippen LogP contribution in [-0.2, 0) is 26.2 Å². The summed E-state index contributed by atoms with van der Waals surface area (Å²) in [7, 11) is -2.81. The third-order valence-corrected chi connectivity index (χ3v) is 9.07. The van der Waals surface area contributed by atoms with Gasteiger partial charge in [0.2, 0.25) is 11.8 Å². The van der Waals surface area contributed by atoms with Crippen LogP contribution in [0.2, 0.25) is 15.1 Å². The van der Waals surface area contributed by atoms with E-state index in [2.05, 4.69) is 5.32 Å². The number of halogens is 3. The molecule has 3 aromatic carbocycles. The molecule has 0 saturated heterocycles. The lowest BCUT2D eigenvalue weighted by molar-refractivity contribution is -0.139. The van der Waals surface area contributed by atoms with Crippen molar-refractivity contribution >= 4 is 62.3 Å². The van der Waals surface area contributed by atoms with Crippen molar-refractivity contribution in [3.8, 4) is 5.75 Å². The molecule has 0 radical (unpaired) electrons. The van der Waals surface area contributed by atoms with Crippen molar-refractivity contribution in [1.29, 1.82) is 0 Å². The Morgan fingerprint density at radius 2 is 1.54 bits per heavy atom. The van der Waals surface area contributed by atoms with E-state index < -0.39 is 34.4 Å². The summed E-state index contributed by atoms with van der Waals surface area (Å²) in [5.41, 5.74) is 0.568. The Labute approximate surface area is 256 Å². The van der Waals surface area contributed by atoms with E-state index in [0.717, 1.165) is 4.31 Å². The molecule has 0 saturated carbocycles. The van der Waals surface area contributed by atoms with E-state index >= 15 is 0 Å². The second-order valence-electron chi connectivity index (χ2n) is 9.68. The largest absolute Gasteiger partial charge is 0.495 e. The number of nitrogens with one attached hydrogen (secondary N) is 1. The van der Waals surface area contributed by atoms with Crippen LogP contribution < -0.4 is 14.4 Å². The highest BCUT2D eigenvalue weighted by Crippen LogP contribution is 2.32. The van der Waals surface area contributed by atoms with Gasteiger partial charge in [-0.15, -0.1) is 0 Å². The van der Waals surface area contributed by atoms with Crippen LogP contribution in [0.25, 0.3) is 0 Å². The van der Waals surface area contributed by atoms with Gasteiger partial charge in [0.1, 0.15) is 18.3 Å². The molecule has 2 amide bonds. The number of benzene rings is 3. The fourth-order valence-corrected chi connectivity index (χ4v) is 6.14. The summed E-state index contributed by atoms with van der Waals surface area (Å²) in [4.78, 5) is 28.4. The number of rotatable bonds is 12. The van der Waals surface area contributed by atoms with Crippen molar-refractivity contribution in [2.75, 3.05) is 24.5 Å². The van der Waals surface area contributed by atoms with Crippen molar-refractivity contribution in [3.63, 3.8) is 0 Å². The Kier molecular flexibility index (Phi) is 11.3. The third kappa shape index (κ3) is 8.07. The Hall–Kier alpha value is -2.98. The van der Waals surface area contributed by atoms with Crippen molar-refractivity contribution in [2.45, 2.75) is 38.3 Å². The lowest BCUT2D eigenvalue weighted by Crippen LogP contribution is -2.51. The molecule has 3 rings (SSSR count). The lowest BCUT2D eigenvalue weighted by atomic mass is 10.1. The molecule has 0 aliphatic rings. The average molecular weight is 641 g/mol. The first-order valence-electron chi connectivity index (χ1n) is 12.8. The maximum absolute atomic E-state index is 14.0. The van der Waals surface area contributed by atoms with Crippen molar-refractivity contribution in [3.05, 3.63) is 87.4 Å². The molecule has 3 aromatic rings. The first-order chi connectivity index (χ1) is 19.4. The number of methoxy groups -OCH3 is 1. The van der Waals surface area contributed by atoms with Crippen LogP contribution in [-0.4, -0.2) is 51.4 Å². The van der Waals surface area contributed by atoms with Crippen LogP contribution in [0.15, 0.2) is 71.6 Å². The Morgan fingerprint density at radius 3 is 2.10 bits per heavy atom. The molecule has 1 N–H and O–H groups in total. The van der Waals surface area contributed by atoms with Gasteiger partial charge in [-0.25, -0.2) is 8.42 Å². The lowest BCUT2D eigenvalue weighted by Gasteiger charge is -2.32. The minimum atomic E-state index is -4.24. The molecule has 220 valence electrons. The molecule has 1 atom stereocenters. The fourth-order valence-electron chi connectivity index (χ4n) is 3.95. The molecule has 0 bridgehead atoms. The number of amides is 2. The zero-order valence-corrected chi connectivity index (χ0v) is 26.2. The van der Waals surface area contributed by atoms with E-state index in [1.165, 1.54) is 42.3 Å². The number of carbonyl (C=O) groups is 2. The summed E-state index contributed by atoms with van der Waals surface area (Å²) < 4.78 is 33.9. The second kappa shape index (κ2) is 14.3. The van der Waals surface area contributed by atoms with Gasteiger partial charge in [-0.1, -0.05) is 72.9 Å². The number of hydrogen-bond acceptors (Lipinski definition) is 5. The van der Waals surface area contributed by atoms with Crippen LogP contribution in [0.1, 0.15) is 26.3 Å². The quantitative estimate of drug-likeness (QED) is 0.261. The number of carbonyl (C=O) groups excluding carboxylic acids is 2. The smallest absolute Gasteiger partial charge is 0.264 e. The van der Waals surface area contributed by atoms with E-state index in [4.69, 9.17) is 39.5 Å². The fraction of sp³-hybridized carbons (Fsp3) is 0.310. The summed E-state index contributed by atoms with van der Waals surface area (Å²) in [6.45, 7) is 5.10. The van der Waals surface area contributed by atoms with Crippen molar-refractivity contribution in [2.24, 2.45) is 5.92 Å². The standard InChI is InChI=1S/C29H32Cl3N3O5S/c1-19(2)16-33-29(37)20(3)34(17-23-24(30)11-8-12-25(23)31)28(36)18-35(21-13-14-27(40-4)26(32)15-21)41(38,39)22-9-6-5-7-10-22/h5-15,19-20H,16-18H2,1-4H3,(H,33,37)/t20-/m0/s1. The molecule has 12 heteroatoms. The molecule has 8 nitrogen and oxygen atoms in total. The van der Waals surface area contributed by atoms with Gasteiger partial charge in [0.05, 0.1) is 22.7 Å². The topological polar surface area (TPSA) is 96.0 Å². The van der Waals surface area contributed by atoms with E-state index in [-0.39, 0.29) is 28.1 Å². The molecule has 41 heavy (non-hydrogen) atoms. The van der Waals surface area contributed by atoms with E-state index in [9.17, 15) is 18.0 Å². The van der Waals surface area contributed by atoms with Crippen LogP contribution in [0, 0.1) is 5.92 Å². The minimum absolute atomic E-state index is 0.0248. The first kappa shape index (κ1) is 32.5. The second-order valence-corrected chi connectivity index (χ2v) is 12.8. The minimum Gasteiger partial charge on any atom is -0.495 e. The SMILES string of the molecule is COc1ccc(N(CC(=O)N(Cc2c(Cl)cccc2Cl)[C@@H](C)C(=O)NCC(C)C)S(=O)(=O)c2ccccc2)cc1Cl. The number of sulfonamides is 1. The molecule has 0 aliphatic carbocycles. The van der Waals surface area contributed by atoms with Crippen LogP contribution in [0.3, 0.4) is 0 Å². The van der Waals surface area contributed by atoms with Crippen LogP contribution in [0.5, 0.6) is 5.75 Å². The number of anilines is 1. The summed E-state index contributed by atoms with van der Waals surface area (Å²) in [6, 6.07) is 16.1. The summed E-state index contributed by atoms with van der Waals surface area (Å²) in [5.74, 6) is -0.538. The van der Waals surface area contributed by atoms with Gasteiger partial charge in [0.15, 0.2) is 0 Å². The van der Waals surface area contributed by atoms with Crippen LogP contribution >= 0.6 is 34.8 Å². The van der Waals surface area contributed by atoms with Gasteiger partial charge in [-0.2, -0.15) is 0 Å². The number of nitrogens with zero attached hydrogens (tertiary/aromatic N) is 2. The Balaban J connectivity index is 2.07. The third-order valence-electron chi connectivity index (χ3n) is 6.28. The maximum Gasteiger partial charge on any atom is 0.264 e. The molecular formula is C29H32Cl3N3O5S. The summed E-state index contributed by atoms with van der Waals surface area (Å²) >= 11 is 19.2. The Bertz CT molecular complexity index is 1470. The molecule has 0 spiro atoms. The predicted octanol–water partition coefficient (Wildman–Crippen LogP) is 6.04. The van der Waals surface area contributed by atoms with Gasteiger partial charge < -0.3 is 15.0 Å². The first-order valence-corrected chi connectivity index (χ1v) is 15.4. The monoisotopic (exact) mass is 639 g/mol. The number of ether oxygens (including phenoxy) is 1. The molecule has 0 unspecified atom stereocenters. The zero-order valence-electron chi connectivity index (χ0n) is 23.1. The van der Waals surface area contributed by atoms with Crippen LogP contribution in [0.4, 0.5) is 5.69 Å². The molecular weight excluding hydrogens is 609 g/mol. The highest BCUT2D eigenvalue weighted by Gasteiger charge is 2.33. The molecule has 0 aromatic heterocycles. The molecule has 0 fully saturated rings. The van der Waals surface area contributed by atoms with Gasteiger partial charge in [-0.05, 0) is 55.3 Å². The highest BCUT2D eigenvalue weighted by molar-refractivity contribution is 7.92. The molecule has 0 aliphatic heterocycles.